The van der Waals surface area contributed by atoms with E-state index in [1.807, 2.05) is 0 Å². The van der Waals surface area contributed by atoms with Gasteiger partial charge in [0.2, 0.25) is 15.8 Å². The van der Waals surface area contributed by atoms with Crippen LogP contribution >= 0.6 is 0 Å². The summed E-state index contributed by atoms with van der Waals surface area (Å²) in [5, 5.41) is 16.4. The first-order valence-electron chi connectivity index (χ1n) is 10.8. The third-order valence-corrected chi connectivity index (χ3v) is 7.39. The van der Waals surface area contributed by atoms with Crippen LogP contribution in [0.25, 0.3) is 10.9 Å². The number of ketones is 1. The van der Waals surface area contributed by atoms with E-state index in [4.69, 9.17) is 0 Å². The van der Waals surface area contributed by atoms with Gasteiger partial charge in [-0.3, -0.25) is 19.6 Å². The number of rotatable bonds is 6. The fourth-order valence-electron chi connectivity index (χ4n) is 4.24. The van der Waals surface area contributed by atoms with Gasteiger partial charge in [0.05, 0.1) is 21.4 Å². The van der Waals surface area contributed by atoms with E-state index in [1.54, 1.807) is 37.6 Å². The first-order chi connectivity index (χ1) is 15.5. The number of nitro benzene ring substituents is 1. The molecule has 0 atom stereocenters. The molecule has 1 fully saturated rings. The molecule has 1 aliphatic carbocycles. The highest BCUT2D eigenvalue weighted by Gasteiger charge is 2.27. The Morgan fingerprint density at radius 1 is 1.15 bits per heavy atom. The predicted octanol–water partition coefficient (Wildman–Crippen LogP) is 4.37. The topological polar surface area (TPSA) is 124 Å². The maximum absolute atomic E-state index is 13.4. The summed E-state index contributed by atoms with van der Waals surface area (Å²) in [5.41, 5.74) is 0.136. The normalized spacial score (nSPS) is 15.2. The lowest BCUT2D eigenvalue weighted by atomic mass is 10.1. The Hall–Kier alpha value is -3.11. The number of carbonyl (C=O) groups excluding carboxylic acids is 1. The van der Waals surface area contributed by atoms with Crippen molar-refractivity contribution in [3.63, 3.8) is 0 Å². The van der Waals surface area contributed by atoms with Gasteiger partial charge in [-0.1, -0.05) is 25.0 Å². The number of nitrogens with zero attached hydrogens (tertiary/aromatic N) is 3. The predicted molar refractivity (Wildman–Crippen MR) is 124 cm³/mol. The molecule has 0 spiro atoms. The lowest BCUT2D eigenvalue weighted by Gasteiger charge is -2.20. The number of hydrogen-bond donors (Lipinski definition) is 1. The molecule has 0 amide bonds. The van der Waals surface area contributed by atoms with Crippen LogP contribution in [-0.4, -0.2) is 34.4 Å². The second kappa shape index (κ2) is 8.35. The maximum Gasteiger partial charge on any atom is 0.271 e. The SMILES string of the molecule is CC(C)(C)NS(=O)(=O)c1cccc(C(=O)c2nn(C3CCCC3)c3cc([N+](=O)[O-])ccc23)c1. The Kier molecular flexibility index (Phi) is 5.83. The van der Waals surface area contributed by atoms with E-state index in [1.165, 1.54) is 30.3 Å². The molecule has 3 aromatic rings. The molecule has 0 unspecified atom stereocenters. The van der Waals surface area contributed by atoms with Crippen molar-refractivity contribution in [3.8, 4) is 0 Å². The zero-order valence-corrected chi connectivity index (χ0v) is 19.6. The van der Waals surface area contributed by atoms with Gasteiger partial charge in [0.15, 0.2) is 0 Å². The van der Waals surface area contributed by atoms with Crippen LogP contribution in [0.2, 0.25) is 0 Å². The summed E-state index contributed by atoms with van der Waals surface area (Å²) < 4.78 is 29.8. The van der Waals surface area contributed by atoms with Gasteiger partial charge in [0, 0.05) is 28.6 Å². The first kappa shape index (κ1) is 23.1. The third-order valence-electron chi connectivity index (χ3n) is 5.63. The van der Waals surface area contributed by atoms with Crippen LogP contribution in [0.5, 0.6) is 0 Å². The minimum Gasteiger partial charge on any atom is -0.287 e. The standard InChI is InChI=1S/C23H26N4O5S/c1-23(2,3)25-33(31,32)18-10-6-7-15(13-18)22(28)21-19-12-11-17(27(29)30)14-20(19)26(24-21)16-8-4-5-9-16/h6-7,10-14,16,25H,4-5,8-9H2,1-3H3. The van der Waals surface area contributed by atoms with Crippen molar-refractivity contribution in [3.05, 3.63) is 63.8 Å². The number of carbonyl (C=O) groups is 1. The summed E-state index contributed by atoms with van der Waals surface area (Å²) in [5.74, 6) is -0.432. The van der Waals surface area contributed by atoms with Gasteiger partial charge in [0.1, 0.15) is 5.69 Å². The summed E-state index contributed by atoms with van der Waals surface area (Å²) >= 11 is 0. The first-order valence-corrected chi connectivity index (χ1v) is 12.3. The molecule has 10 heteroatoms. The van der Waals surface area contributed by atoms with Crippen molar-refractivity contribution < 1.29 is 18.1 Å². The van der Waals surface area contributed by atoms with Crippen molar-refractivity contribution >= 4 is 32.4 Å². The molecule has 0 radical (unpaired) electrons. The molecular weight excluding hydrogens is 444 g/mol. The molecule has 1 heterocycles. The molecule has 0 saturated heterocycles. The Morgan fingerprint density at radius 2 is 1.85 bits per heavy atom. The fourth-order valence-corrected chi connectivity index (χ4v) is 5.70. The molecule has 9 nitrogen and oxygen atoms in total. The van der Waals surface area contributed by atoms with Crippen LogP contribution in [0.1, 0.15) is 68.5 Å². The molecule has 0 bridgehead atoms. The number of nitro groups is 1. The van der Waals surface area contributed by atoms with Crippen molar-refractivity contribution in [1.82, 2.24) is 14.5 Å². The molecule has 1 saturated carbocycles. The molecule has 0 aliphatic heterocycles. The Morgan fingerprint density at radius 3 is 2.48 bits per heavy atom. The number of nitrogens with one attached hydrogen (secondary N) is 1. The van der Waals surface area contributed by atoms with E-state index in [2.05, 4.69) is 9.82 Å². The van der Waals surface area contributed by atoms with Gasteiger partial charge >= 0.3 is 0 Å². The molecular formula is C23H26N4O5S. The average molecular weight is 471 g/mol. The second-order valence-corrected chi connectivity index (χ2v) is 11.1. The highest BCUT2D eigenvalue weighted by Crippen LogP contribution is 2.34. The highest BCUT2D eigenvalue weighted by molar-refractivity contribution is 7.89. The molecule has 1 aliphatic rings. The van der Waals surface area contributed by atoms with Gasteiger partial charge in [-0.05, 0) is 51.8 Å². The smallest absolute Gasteiger partial charge is 0.271 e. The zero-order chi connectivity index (χ0) is 24.0. The summed E-state index contributed by atoms with van der Waals surface area (Å²) in [6.07, 6.45) is 3.84. The van der Waals surface area contributed by atoms with Gasteiger partial charge in [-0.15, -0.1) is 0 Å². The van der Waals surface area contributed by atoms with Crippen LogP contribution in [0.4, 0.5) is 5.69 Å². The van der Waals surface area contributed by atoms with Crippen LogP contribution in [0, 0.1) is 10.1 Å². The number of fused-ring (bicyclic) bond motifs is 1. The van der Waals surface area contributed by atoms with Crippen LogP contribution in [-0.2, 0) is 10.0 Å². The minimum absolute atomic E-state index is 0.0153. The quantitative estimate of drug-likeness (QED) is 0.324. The van der Waals surface area contributed by atoms with E-state index in [0.29, 0.717) is 10.9 Å². The molecule has 33 heavy (non-hydrogen) atoms. The zero-order valence-electron chi connectivity index (χ0n) is 18.7. The Bertz CT molecular complexity index is 1350. The number of hydrogen-bond acceptors (Lipinski definition) is 6. The van der Waals surface area contributed by atoms with Gasteiger partial charge in [0.25, 0.3) is 5.69 Å². The van der Waals surface area contributed by atoms with E-state index in [-0.39, 0.29) is 27.9 Å². The van der Waals surface area contributed by atoms with E-state index >= 15 is 0 Å². The van der Waals surface area contributed by atoms with Crippen molar-refractivity contribution in [2.24, 2.45) is 0 Å². The van der Waals surface area contributed by atoms with E-state index in [9.17, 15) is 23.3 Å². The summed E-state index contributed by atoms with van der Waals surface area (Å²) in [4.78, 5) is 24.3. The number of benzene rings is 2. The second-order valence-electron chi connectivity index (χ2n) is 9.40. The van der Waals surface area contributed by atoms with Gasteiger partial charge in [-0.2, -0.15) is 5.10 Å². The van der Waals surface area contributed by atoms with Crippen LogP contribution in [0.15, 0.2) is 47.4 Å². The largest absolute Gasteiger partial charge is 0.287 e. The summed E-state index contributed by atoms with van der Waals surface area (Å²) in [6, 6.07) is 10.3. The lowest BCUT2D eigenvalue weighted by molar-refractivity contribution is -0.384. The van der Waals surface area contributed by atoms with Crippen molar-refractivity contribution in [1.29, 1.82) is 0 Å². The molecule has 4 rings (SSSR count). The average Bonchev–Trinajstić information content (AvgIpc) is 3.39. The third kappa shape index (κ3) is 4.67. The van der Waals surface area contributed by atoms with E-state index in [0.717, 1.165) is 25.7 Å². The molecule has 174 valence electrons. The molecule has 2 aromatic carbocycles. The number of non-ortho nitro benzene ring substituents is 1. The Labute approximate surface area is 192 Å². The molecule has 1 aromatic heterocycles. The maximum atomic E-state index is 13.4. The van der Waals surface area contributed by atoms with Gasteiger partial charge in [-0.25, -0.2) is 13.1 Å². The summed E-state index contributed by atoms with van der Waals surface area (Å²) in [7, 11) is -3.82. The number of sulfonamides is 1. The Balaban J connectivity index is 1.80. The van der Waals surface area contributed by atoms with Crippen molar-refractivity contribution in [2.75, 3.05) is 0 Å². The molecule has 1 N–H and O–H groups in total. The summed E-state index contributed by atoms with van der Waals surface area (Å²) in [6.45, 7) is 5.21. The monoisotopic (exact) mass is 470 g/mol. The van der Waals surface area contributed by atoms with Crippen molar-refractivity contribution in [2.45, 2.75) is 62.9 Å². The van der Waals surface area contributed by atoms with Crippen LogP contribution in [0.3, 0.4) is 0 Å². The number of aromatic nitrogens is 2. The fraction of sp³-hybridized carbons (Fsp3) is 0.391. The van der Waals surface area contributed by atoms with E-state index < -0.39 is 26.3 Å². The lowest BCUT2D eigenvalue weighted by Crippen LogP contribution is -2.40. The minimum atomic E-state index is -3.82. The highest BCUT2D eigenvalue weighted by atomic mass is 32.2. The van der Waals surface area contributed by atoms with Gasteiger partial charge < -0.3 is 0 Å². The van der Waals surface area contributed by atoms with Crippen LogP contribution < -0.4 is 4.72 Å².